The van der Waals surface area contributed by atoms with Crippen LogP contribution in [0.25, 0.3) is 0 Å². The molecule has 1 aliphatic rings. The molecule has 1 aliphatic heterocycles. The lowest BCUT2D eigenvalue weighted by Crippen LogP contribution is -2.14. The number of benzene rings is 1. The molecule has 1 aromatic carbocycles. The number of nitrogens with one attached hydrogen (secondary N) is 1. The summed E-state index contributed by atoms with van der Waals surface area (Å²) in [5.74, 6) is 0. The van der Waals surface area contributed by atoms with Crippen molar-refractivity contribution < 1.29 is 8.78 Å². The Balaban J connectivity index is 2.37. The summed E-state index contributed by atoms with van der Waals surface area (Å²) >= 11 is 5.83. The van der Waals surface area contributed by atoms with Crippen molar-refractivity contribution in [3.63, 3.8) is 0 Å². The van der Waals surface area contributed by atoms with Gasteiger partial charge in [-0.15, -0.1) is 0 Å². The van der Waals surface area contributed by atoms with Gasteiger partial charge in [-0.25, -0.2) is 8.78 Å². The quantitative estimate of drug-likeness (QED) is 0.818. The van der Waals surface area contributed by atoms with Gasteiger partial charge in [-0.1, -0.05) is 17.7 Å². The lowest BCUT2D eigenvalue weighted by Gasteiger charge is -2.15. The fourth-order valence-electron chi connectivity index (χ4n) is 2.00. The number of alkyl halides is 2. The van der Waals surface area contributed by atoms with Crippen LogP contribution in [0.2, 0.25) is 5.02 Å². The fraction of sp³-hybridized carbons (Fsp3) is 0.455. The highest BCUT2D eigenvalue weighted by atomic mass is 35.5. The third-order valence-corrected chi connectivity index (χ3v) is 2.95. The molecule has 1 N–H and O–H groups in total. The monoisotopic (exact) mass is 231 g/mol. The maximum absolute atomic E-state index is 12.7. The maximum atomic E-state index is 12.7. The van der Waals surface area contributed by atoms with Gasteiger partial charge in [0.1, 0.15) is 0 Å². The Morgan fingerprint density at radius 2 is 2.20 bits per heavy atom. The Hall–Kier alpha value is -0.670. The molecule has 1 nitrogen and oxygen atoms in total. The minimum absolute atomic E-state index is 0.0349. The second kappa shape index (κ2) is 4.45. The SMILES string of the molecule is FC(F)c1ccc(Cl)cc1C1CCCN1. The van der Waals surface area contributed by atoms with E-state index >= 15 is 0 Å². The van der Waals surface area contributed by atoms with Gasteiger partial charge < -0.3 is 5.32 Å². The predicted molar refractivity (Wildman–Crippen MR) is 56.4 cm³/mol. The molecule has 82 valence electrons. The molecule has 1 unspecified atom stereocenters. The summed E-state index contributed by atoms with van der Waals surface area (Å²) in [6.45, 7) is 0.889. The minimum Gasteiger partial charge on any atom is -0.310 e. The number of rotatable bonds is 2. The molecule has 2 rings (SSSR count). The summed E-state index contributed by atoms with van der Waals surface area (Å²) in [6.07, 6.45) is -0.500. The van der Waals surface area contributed by atoms with E-state index in [1.807, 2.05) is 0 Å². The van der Waals surface area contributed by atoms with Gasteiger partial charge in [0.15, 0.2) is 0 Å². The van der Waals surface area contributed by atoms with Crippen molar-refractivity contribution in [1.82, 2.24) is 5.32 Å². The van der Waals surface area contributed by atoms with E-state index in [1.54, 1.807) is 6.07 Å². The van der Waals surface area contributed by atoms with Crippen LogP contribution in [0.5, 0.6) is 0 Å². The third kappa shape index (κ3) is 2.29. The summed E-state index contributed by atoms with van der Waals surface area (Å²) < 4.78 is 25.5. The Morgan fingerprint density at radius 1 is 1.40 bits per heavy atom. The largest absolute Gasteiger partial charge is 0.310 e. The van der Waals surface area contributed by atoms with E-state index in [0.29, 0.717) is 10.6 Å². The molecule has 1 aromatic rings. The maximum Gasteiger partial charge on any atom is 0.264 e. The van der Waals surface area contributed by atoms with Crippen LogP contribution < -0.4 is 5.32 Å². The van der Waals surface area contributed by atoms with Crippen molar-refractivity contribution in [2.45, 2.75) is 25.3 Å². The highest BCUT2D eigenvalue weighted by molar-refractivity contribution is 6.30. The van der Waals surface area contributed by atoms with Crippen LogP contribution in [0.4, 0.5) is 8.78 Å². The molecule has 0 saturated carbocycles. The predicted octanol–water partition coefficient (Wildman–Crippen LogP) is 3.70. The summed E-state index contributed by atoms with van der Waals surface area (Å²) in [7, 11) is 0. The fourth-order valence-corrected chi connectivity index (χ4v) is 2.18. The highest BCUT2D eigenvalue weighted by Gasteiger charge is 2.22. The van der Waals surface area contributed by atoms with Gasteiger partial charge in [0.05, 0.1) is 0 Å². The zero-order valence-electron chi connectivity index (χ0n) is 8.14. The van der Waals surface area contributed by atoms with Gasteiger partial charge >= 0.3 is 0 Å². The normalized spacial score (nSPS) is 21.2. The van der Waals surface area contributed by atoms with Crippen LogP contribution >= 0.6 is 11.6 Å². The van der Waals surface area contributed by atoms with Gasteiger partial charge in [0.2, 0.25) is 0 Å². The molecule has 1 atom stereocenters. The van der Waals surface area contributed by atoms with Crippen molar-refractivity contribution in [2.75, 3.05) is 6.54 Å². The van der Waals surface area contributed by atoms with E-state index in [0.717, 1.165) is 19.4 Å². The zero-order valence-corrected chi connectivity index (χ0v) is 8.90. The topological polar surface area (TPSA) is 12.0 Å². The minimum atomic E-state index is -2.43. The lowest BCUT2D eigenvalue weighted by molar-refractivity contribution is 0.149. The van der Waals surface area contributed by atoms with Gasteiger partial charge in [0, 0.05) is 16.6 Å². The molecule has 0 amide bonds. The van der Waals surface area contributed by atoms with Crippen LogP contribution in [-0.2, 0) is 0 Å². The average molecular weight is 232 g/mol. The van der Waals surface area contributed by atoms with Gasteiger partial charge in [0.25, 0.3) is 6.43 Å². The first-order chi connectivity index (χ1) is 7.18. The summed E-state index contributed by atoms with van der Waals surface area (Å²) in [6, 6.07) is 4.61. The molecule has 1 saturated heterocycles. The first kappa shape index (κ1) is 10.8. The summed E-state index contributed by atoms with van der Waals surface area (Å²) in [5.41, 5.74) is 0.744. The molecule has 0 aliphatic carbocycles. The molecule has 0 aromatic heterocycles. The van der Waals surface area contributed by atoms with Crippen molar-refractivity contribution in [2.24, 2.45) is 0 Å². The van der Waals surface area contributed by atoms with Gasteiger partial charge in [-0.2, -0.15) is 0 Å². The van der Waals surface area contributed by atoms with Crippen LogP contribution in [0, 0.1) is 0 Å². The summed E-state index contributed by atoms with van der Waals surface area (Å²) in [4.78, 5) is 0. The van der Waals surface area contributed by atoms with Crippen LogP contribution in [-0.4, -0.2) is 6.54 Å². The standard InChI is InChI=1S/C11H12ClF2N/c12-7-3-4-8(11(13)14)9(6-7)10-2-1-5-15-10/h3-4,6,10-11,15H,1-2,5H2. The Bertz CT molecular complexity index is 348. The lowest BCUT2D eigenvalue weighted by atomic mass is 9.99. The molecule has 15 heavy (non-hydrogen) atoms. The number of hydrogen-bond acceptors (Lipinski definition) is 1. The van der Waals surface area contributed by atoms with Gasteiger partial charge in [-0.05, 0) is 37.1 Å². The van der Waals surface area contributed by atoms with E-state index in [-0.39, 0.29) is 11.6 Å². The highest BCUT2D eigenvalue weighted by Crippen LogP contribution is 2.33. The molecular formula is C11H12ClF2N. The first-order valence-corrected chi connectivity index (χ1v) is 5.37. The van der Waals surface area contributed by atoms with E-state index in [9.17, 15) is 8.78 Å². The van der Waals surface area contributed by atoms with E-state index in [1.165, 1.54) is 12.1 Å². The second-order valence-electron chi connectivity index (χ2n) is 3.72. The van der Waals surface area contributed by atoms with Crippen LogP contribution in [0.3, 0.4) is 0 Å². The van der Waals surface area contributed by atoms with Crippen molar-refractivity contribution in [3.8, 4) is 0 Å². The Labute approximate surface area is 92.4 Å². The Kier molecular flexibility index (Phi) is 3.22. The van der Waals surface area contributed by atoms with Gasteiger partial charge in [-0.3, -0.25) is 0 Å². The molecule has 0 bridgehead atoms. The molecule has 4 heteroatoms. The Morgan fingerprint density at radius 3 is 2.80 bits per heavy atom. The van der Waals surface area contributed by atoms with Crippen molar-refractivity contribution >= 4 is 11.6 Å². The smallest absolute Gasteiger partial charge is 0.264 e. The molecule has 0 radical (unpaired) electrons. The number of halogens is 3. The summed E-state index contributed by atoms with van der Waals surface area (Å²) in [5, 5.41) is 3.72. The van der Waals surface area contributed by atoms with E-state index in [2.05, 4.69) is 5.32 Å². The van der Waals surface area contributed by atoms with E-state index in [4.69, 9.17) is 11.6 Å². The first-order valence-electron chi connectivity index (χ1n) is 4.99. The average Bonchev–Trinajstić information content (AvgIpc) is 2.69. The molecular weight excluding hydrogens is 220 g/mol. The zero-order chi connectivity index (χ0) is 10.8. The van der Waals surface area contributed by atoms with Crippen molar-refractivity contribution in [1.29, 1.82) is 0 Å². The second-order valence-corrected chi connectivity index (χ2v) is 4.16. The third-order valence-electron chi connectivity index (χ3n) is 2.72. The molecule has 0 spiro atoms. The van der Waals surface area contributed by atoms with E-state index < -0.39 is 6.43 Å². The van der Waals surface area contributed by atoms with Crippen LogP contribution in [0.15, 0.2) is 18.2 Å². The number of hydrogen-bond donors (Lipinski definition) is 1. The molecule has 1 fully saturated rings. The van der Waals surface area contributed by atoms with Crippen molar-refractivity contribution in [3.05, 3.63) is 34.3 Å². The molecule has 1 heterocycles. The van der Waals surface area contributed by atoms with Crippen LogP contribution in [0.1, 0.15) is 36.4 Å².